The van der Waals surface area contributed by atoms with Gasteiger partial charge in [0.05, 0.1) is 5.69 Å². The van der Waals surface area contributed by atoms with Gasteiger partial charge >= 0.3 is 0 Å². The van der Waals surface area contributed by atoms with Crippen LogP contribution in [0.2, 0.25) is 0 Å². The fourth-order valence-corrected chi connectivity index (χ4v) is 0.902. The van der Waals surface area contributed by atoms with Crippen molar-refractivity contribution < 1.29 is 10.0 Å². The average molecular weight is 165 g/mol. The summed E-state index contributed by atoms with van der Waals surface area (Å²) in [6.07, 6.45) is 0. The van der Waals surface area contributed by atoms with Crippen LogP contribution in [0.5, 0.6) is 0 Å². The van der Waals surface area contributed by atoms with Crippen LogP contribution in [0, 0.1) is 0 Å². The van der Waals surface area contributed by atoms with E-state index in [4.69, 9.17) is 0 Å². The van der Waals surface area contributed by atoms with Gasteiger partial charge in [0.1, 0.15) is 6.54 Å². The van der Waals surface area contributed by atoms with E-state index in [0.29, 0.717) is 5.69 Å². The number of Topliss-reactive ketones (excluding diaryl/α,β-unsaturated/α-hetero) is 1. The molecule has 0 aromatic heterocycles. The molecule has 0 radical (unpaired) electrons. The Hall–Kier alpha value is -1.35. The van der Waals surface area contributed by atoms with Gasteiger partial charge in [0, 0.05) is 0 Å². The molecule has 0 amide bonds. The van der Waals surface area contributed by atoms with E-state index in [2.05, 4.69) is 0 Å². The van der Waals surface area contributed by atoms with Crippen molar-refractivity contribution in [1.29, 1.82) is 0 Å². The summed E-state index contributed by atoms with van der Waals surface area (Å²) in [4.78, 5) is 10.6. The number of ketones is 1. The Balaban J connectivity index is 2.65. The van der Waals surface area contributed by atoms with Crippen LogP contribution < -0.4 is 5.06 Å². The molecule has 0 spiro atoms. The van der Waals surface area contributed by atoms with E-state index < -0.39 is 0 Å². The van der Waals surface area contributed by atoms with Gasteiger partial charge in [-0.15, -0.1) is 0 Å². The highest BCUT2D eigenvalue weighted by Gasteiger charge is 2.03. The van der Waals surface area contributed by atoms with Gasteiger partial charge < -0.3 is 0 Å². The molecule has 0 fully saturated rings. The third-order valence-corrected chi connectivity index (χ3v) is 1.43. The van der Waals surface area contributed by atoms with Crippen molar-refractivity contribution in [3.8, 4) is 0 Å². The highest BCUT2D eigenvalue weighted by Crippen LogP contribution is 2.09. The molecule has 0 aliphatic carbocycles. The van der Waals surface area contributed by atoms with Gasteiger partial charge in [0.15, 0.2) is 5.78 Å². The molecule has 0 atom stereocenters. The Morgan fingerprint density at radius 3 is 2.50 bits per heavy atom. The van der Waals surface area contributed by atoms with Gasteiger partial charge in [-0.1, -0.05) is 18.2 Å². The fraction of sp³-hybridized carbons (Fsp3) is 0.222. The Morgan fingerprint density at radius 2 is 2.00 bits per heavy atom. The first-order valence-corrected chi connectivity index (χ1v) is 3.71. The van der Waals surface area contributed by atoms with Crippen LogP contribution in [-0.4, -0.2) is 17.5 Å². The molecule has 1 rings (SSSR count). The minimum Gasteiger partial charge on any atom is -0.298 e. The number of anilines is 1. The standard InChI is InChI=1S/C9H11NO2/c1-8(11)7-10(12)9-5-3-2-4-6-9/h2-6,12H,7H2,1H3. The number of carbonyl (C=O) groups is 1. The molecule has 0 bridgehead atoms. The Labute approximate surface area is 71.2 Å². The SMILES string of the molecule is CC(=O)CN(O)c1ccccc1. The molecule has 0 aliphatic heterocycles. The van der Waals surface area contributed by atoms with E-state index in [9.17, 15) is 10.0 Å². The largest absolute Gasteiger partial charge is 0.298 e. The van der Waals surface area contributed by atoms with Gasteiger partial charge in [-0.05, 0) is 19.1 Å². The zero-order valence-electron chi connectivity index (χ0n) is 6.90. The highest BCUT2D eigenvalue weighted by molar-refractivity contribution is 5.80. The zero-order chi connectivity index (χ0) is 8.97. The lowest BCUT2D eigenvalue weighted by molar-refractivity contribution is -0.116. The lowest BCUT2D eigenvalue weighted by Crippen LogP contribution is -2.24. The number of para-hydroxylation sites is 1. The summed E-state index contributed by atoms with van der Waals surface area (Å²) in [5.41, 5.74) is 0.632. The lowest BCUT2D eigenvalue weighted by Gasteiger charge is -2.14. The third-order valence-electron chi connectivity index (χ3n) is 1.43. The predicted molar refractivity (Wildman–Crippen MR) is 46.3 cm³/mol. The van der Waals surface area contributed by atoms with Crippen molar-refractivity contribution in [2.45, 2.75) is 6.92 Å². The maximum atomic E-state index is 10.6. The maximum absolute atomic E-state index is 10.6. The molecule has 1 aromatic carbocycles. The van der Waals surface area contributed by atoms with Crippen molar-refractivity contribution in [2.24, 2.45) is 0 Å². The summed E-state index contributed by atoms with van der Waals surface area (Å²) < 4.78 is 0. The molecule has 0 saturated carbocycles. The van der Waals surface area contributed by atoms with Crippen LogP contribution in [0.15, 0.2) is 30.3 Å². The lowest BCUT2D eigenvalue weighted by atomic mass is 10.3. The van der Waals surface area contributed by atoms with Gasteiger partial charge in [0.2, 0.25) is 0 Å². The Kier molecular flexibility index (Phi) is 2.82. The fourth-order valence-electron chi connectivity index (χ4n) is 0.902. The van der Waals surface area contributed by atoms with Crippen LogP contribution in [-0.2, 0) is 4.79 Å². The van der Waals surface area contributed by atoms with Crippen LogP contribution in [0.1, 0.15) is 6.92 Å². The van der Waals surface area contributed by atoms with Gasteiger partial charge in [-0.2, -0.15) is 0 Å². The number of carbonyl (C=O) groups excluding carboxylic acids is 1. The molecule has 1 N–H and O–H groups in total. The zero-order valence-corrected chi connectivity index (χ0v) is 6.90. The highest BCUT2D eigenvalue weighted by atomic mass is 16.5. The second kappa shape index (κ2) is 3.88. The van der Waals surface area contributed by atoms with Crippen molar-refractivity contribution in [3.63, 3.8) is 0 Å². The van der Waals surface area contributed by atoms with E-state index in [-0.39, 0.29) is 12.3 Å². The van der Waals surface area contributed by atoms with Crippen molar-refractivity contribution in [3.05, 3.63) is 30.3 Å². The first-order valence-electron chi connectivity index (χ1n) is 3.71. The normalized spacial score (nSPS) is 9.50. The minimum atomic E-state index is -0.0682. The molecule has 12 heavy (non-hydrogen) atoms. The summed E-state index contributed by atoms with van der Waals surface area (Å²) in [5.74, 6) is -0.0682. The number of hydrogen-bond donors (Lipinski definition) is 1. The Bertz CT molecular complexity index is 258. The van der Waals surface area contributed by atoms with Crippen LogP contribution >= 0.6 is 0 Å². The molecule has 0 saturated heterocycles. The van der Waals surface area contributed by atoms with Gasteiger partial charge in [0.25, 0.3) is 0 Å². The van der Waals surface area contributed by atoms with E-state index in [0.717, 1.165) is 5.06 Å². The number of hydroxylamine groups is 1. The first-order chi connectivity index (χ1) is 5.70. The van der Waals surface area contributed by atoms with Crippen LogP contribution in [0.25, 0.3) is 0 Å². The second-order valence-corrected chi connectivity index (χ2v) is 2.60. The molecule has 64 valence electrons. The summed E-state index contributed by atoms with van der Waals surface area (Å²) in [7, 11) is 0. The van der Waals surface area contributed by atoms with Crippen LogP contribution in [0.4, 0.5) is 5.69 Å². The molecular weight excluding hydrogens is 154 g/mol. The van der Waals surface area contributed by atoms with Crippen LogP contribution in [0.3, 0.4) is 0 Å². The molecule has 1 aromatic rings. The molecule has 0 heterocycles. The summed E-state index contributed by atoms with van der Waals surface area (Å²) >= 11 is 0. The molecule has 0 unspecified atom stereocenters. The maximum Gasteiger partial charge on any atom is 0.151 e. The number of nitrogens with zero attached hydrogens (tertiary/aromatic N) is 1. The average Bonchev–Trinajstić information content (AvgIpc) is 2.05. The molecule has 3 heteroatoms. The molecular formula is C9H11NO2. The number of rotatable bonds is 3. The van der Waals surface area contributed by atoms with Crippen molar-refractivity contribution >= 4 is 11.5 Å². The van der Waals surface area contributed by atoms with Crippen molar-refractivity contribution in [2.75, 3.05) is 11.6 Å². The third kappa shape index (κ3) is 2.36. The molecule has 0 aliphatic rings. The summed E-state index contributed by atoms with van der Waals surface area (Å²) in [6, 6.07) is 8.94. The smallest absolute Gasteiger partial charge is 0.151 e. The Morgan fingerprint density at radius 1 is 1.42 bits per heavy atom. The van der Waals surface area contributed by atoms with E-state index in [1.807, 2.05) is 6.07 Å². The quantitative estimate of drug-likeness (QED) is 0.689. The monoisotopic (exact) mass is 165 g/mol. The topological polar surface area (TPSA) is 40.5 Å². The minimum absolute atomic E-state index is 0.0318. The number of hydrogen-bond acceptors (Lipinski definition) is 3. The second-order valence-electron chi connectivity index (χ2n) is 2.60. The van der Waals surface area contributed by atoms with Gasteiger partial charge in [-0.3, -0.25) is 10.0 Å². The van der Waals surface area contributed by atoms with E-state index >= 15 is 0 Å². The van der Waals surface area contributed by atoms with Gasteiger partial charge in [-0.25, -0.2) is 5.06 Å². The summed E-state index contributed by atoms with van der Waals surface area (Å²) in [6.45, 7) is 1.47. The molecule has 3 nitrogen and oxygen atoms in total. The van der Waals surface area contributed by atoms with E-state index in [1.165, 1.54) is 6.92 Å². The van der Waals surface area contributed by atoms with E-state index in [1.54, 1.807) is 24.3 Å². The first kappa shape index (κ1) is 8.74. The summed E-state index contributed by atoms with van der Waals surface area (Å²) in [5, 5.41) is 10.2. The predicted octanol–water partition coefficient (Wildman–Crippen LogP) is 1.47. The van der Waals surface area contributed by atoms with Crippen molar-refractivity contribution in [1.82, 2.24) is 0 Å². The number of benzene rings is 1.